The van der Waals surface area contributed by atoms with Crippen LogP contribution in [-0.4, -0.2) is 16.0 Å². The van der Waals surface area contributed by atoms with Crippen LogP contribution in [0, 0.1) is 5.92 Å². The van der Waals surface area contributed by atoms with Crippen molar-refractivity contribution in [3.05, 3.63) is 64.9 Å². The van der Waals surface area contributed by atoms with Gasteiger partial charge in [-0.15, -0.1) is 0 Å². The second kappa shape index (κ2) is 5.41. The van der Waals surface area contributed by atoms with E-state index in [1.165, 1.54) is 34.7 Å². The fourth-order valence-electron chi connectivity index (χ4n) is 4.30. The molecule has 3 aromatic carbocycles. The normalized spacial score (nSPS) is 24.3. The molecule has 0 bridgehead atoms. The fraction of sp³-hybridized carbons (Fsp3) is 0.227. The summed E-state index contributed by atoms with van der Waals surface area (Å²) in [5.41, 5.74) is 4.63. The Morgan fingerprint density at radius 2 is 1.69 bits per heavy atom. The summed E-state index contributed by atoms with van der Waals surface area (Å²) in [6, 6.07) is 20.7. The summed E-state index contributed by atoms with van der Waals surface area (Å²) < 4.78 is 1.11. The lowest BCUT2D eigenvalue weighted by atomic mass is 10.0. The largest absolute Gasteiger partial charge is 0.341 e. The summed E-state index contributed by atoms with van der Waals surface area (Å²) in [7, 11) is 0. The summed E-state index contributed by atoms with van der Waals surface area (Å²) >= 11 is 3.54. The van der Waals surface area contributed by atoms with E-state index in [4.69, 9.17) is 4.98 Å². The number of rotatable bonds is 2. The van der Waals surface area contributed by atoms with Gasteiger partial charge in [-0.2, -0.15) is 0 Å². The summed E-state index contributed by atoms with van der Waals surface area (Å²) in [4.78, 5) is 8.37. The second-order valence-electron chi connectivity index (χ2n) is 7.62. The molecule has 3 nitrogen and oxygen atoms in total. The minimum absolute atomic E-state index is 0.397. The Morgan fingerprint density at radius 1 is 0.885 bits per heavy atom. The first kappa shape index (κ1) is 14.9. The number of benzene rings is 3. The fourth-order valence-corrected chi connectivity index (χ4v) is 4.68. The molecule has 6 rings (SSSR count). The van der Waals surface area contributed by atoms with Gasteiger partial charge in [0.2, 0.25) is 0 Å². The summed E-state index contributed by atoms with van der Waals surface area (Å²) in [6.45, 7) is 0. The van der Waals surface area contributed by atoms with Crippen molar-refractivity contribution in [1.29, 1.82) is 0 Å². The quantitative estimate of drug-likeness (QED) is 0.459. The number of hydrogen-bond acceptors (Lipinski definition) is 2. The molecule has 3 atom stereocenters. The number of fused-ring (bicyclic) bond motifs is 3. The van der Waals surface area contributed by atoms with Crippen molar-refractivity contribution in [3.63, 3.8) is 0 Å². The highest BCUT2D eigenvalue weighted by molar-refractivity contribution is 9.10. The number of piperidine rings is 1. The van der Waals surface area contributed by atoms with E-state index in [1.54, 1.807) is 0 Å². The SMILES string of the molecule is Brc1ccc2cc(-c3ccc4nc([C@@H]5C[C@H]6C[C@H]6N5)[nH]c4c3)ccc2c1. The lowest BCUT2D eigenvalue weighted by Crippen LogP contribution is -2.18. The number of imidazole rings is 1. The highest BCUT2D eigenvalue weighted by Gasteiger charge is 2.46. The molecule has 0 radical (unpaired) electrons. The molecule has 1 aliphatic heterocycles. The zero-order chi connectivity index (χ0) is 17.3. The number of aromatic amines is 1. The average Bonchev–Trinajstić information content (AvgIpc) is 3.07. The van der Waals surface area contributed by atoms with Crippen LogP contribution in [0.2, 0.25) is 0 Å². The van der Waals surface area contributed by atoms with E-state index in [0.717, 1.165) is 33.3 Å². The number of aromatic nitrogens is 2. The van der Waals surface area contributed by atoms with Crippen LogP contribution in [-0.2, 0) is 0 Å². The molecule has 0 amide bonds. The molecular weight excluding hydrogens is 386 g/mol. The monoisotopic (exact) mass is 403 g/mol. The summed E-state index contributed by atoms with van der Waals surface area (Å²) in [6.07, 6.45) is 2.57. The van der Waals surface area contributed by atoms with Gasteiger partial charge in [0.15, 0.2) is 0 Å². The number of H-pyrrole nitrogens is 1. The van der Waals surface area contributed by atoms with Crippen molar-refractivity contribution in [1.82, 2.24) is 15.3 Å². The van der Waals surface area contributed by atoms with Crippen LogP contribution in [0.4, 0.5) is 0 Å². The molecule has 2 N–H and O–H groups in total. The third-order valence-electron chi connectivity index (χ3n) is 5.84. The number of nitrogens with zero attached hydrogens (tertiary/aromatic N) is 1. The van der Waals surface area contributed by atoms with Gasteiger partial charge in [-0.05, 0) is 71.0 Å². The Kier molecular flexibility index (Phi) is 3.11. The molecule has 4 heteroatoms. The molecule has 0 unspecified atom stereocenters. The van der Waals surface area contributed by atoms with Gasteiger partial charge < -0.3 is 10.3 Å². The predicted molar refractivity (Wildman–Crippen MR) is 109 cm³/mol. The van der Waals surface area contributed by atoms with E-state index in [9.17, 15) is 0 Å². The van der Waals surface area contributed by atoms with E-state index in [2.05, 4.69) is 80.8 Å². The number of halogens is 1. The Morgan fingerprint density at radius 3 is 2.58 bits per heavy atom. The molecule has 1 aromatic heterocycles. The van der Waals surface area contributed by atoms with E-state index in [0.29, 0.717) is 6.04 Å². The molecule has 1 saturated carbocycles. The molecule has 2 fully saturated rings. The van der Waals surface area contributed by atoms with Crippen LogP contribution in [0.1, 0.15) is 24.7 Å². The van der Waals surface area contributed by atoms with Crippen LogP contribution in [0.15, 0.2) is 59.1 Å². The molecule has 1 aliphatic carbocycles. The van der Waals surface area contributed by atoms with Gasteiger partial charge in [0.25, 0.3) is 0 Å². The van der Waals surface area contributed by atoms with Crippen molar-refractivity contribution in [2.75, 3.05) is 0 Å². The van der Waals surface area contributed by atoms with Crippen molar-refractivity contribution in [2.24, 2.45) is 5.92 Å². The zero-order valence-electron chi connectivity index (χ0n) is 14.2. The first-order valence-electron chi connectivity index (χ1n) is 9.18. The number of hydrogen-bond donors (Lipinski definition) is 2. The third-order valence-corrected chi connectivity index (χ3v) is 6.34. The third kappa shape index (κ3) is 2.40. The van der Waals surface area contributed by atoms with Crippen LogP contribution in [0.5, 0.6) is 0 Å². The van der Waals surface area contributed by atoms with Crippen LogP contribution in [0.25, 0.3) is 32.9 Å². The Balaban J connectivity index is 1.39. The molecule has 1 saturated heterocycles. The highest BCUT2D eigenvalue weighted by Crippen LogP contribution is 2.45. The van der Waals surface area contributed by atoms with Crippen molar-refractivity contribution >= 4 is 37.7 Å². The van der Waals surface area contributed by atoms with Gasteiger partial charge in [0.05, 0.1) is 17.1 Å². The van der Waals surface area contributed by atoms with E-state index < -0.39 is 0 Å². The van der Waals surface area contributed by atoms with Gasteiger partial charge in [0.1, 0.15) is 5.82 Å². The minimum Gasteiger partial charge on any atom is -0.341 e. The molecule has 26 heavy (non-hydrogen) atoms. The van der Waals surface area contributed by atoms with Gasteiger partial charge in [-0.25, -0.2) is 4.98 Å². The molecule has 128 valence electrons. The first-order chi connectivity index (χ1) is 12.7. The Bertz CT molecular complexity index is 1150. The summed E-state index contributed by atoms with van der Waals surface area (Å²) in [5.74, 6) is 1.97. The van der Waals surface area contributed by atoms with E-state index in [1.807, 2.05) is 0 Å². The minimum atomic E-state index is 0.397. The van der Waals surface area contributed by atoms with Crippen LogP contribution >= 0.6 is 15.9 Å². The molecule has 4 aromatic rings. The maximum atomic E-state index is 4.82. The maximum Gasteiger partial charge on any atom is 0.124 e. The van der Waals surface area contributed by atoms with Crippen LogP contribution in [0.3, 0.4) is 0 Å². The smallest absolute Gasteiger partial charge is 0.124 e. The number of nitrogens with one attached hydrogen (secondary N) is 2. The maximum absolute atomic E-state index is 4.82. The first-order valence-corrected chi connectivity index (χ1v) is 9.98. The lowest BCUT2D eigenvalue weighted by Gasteiger charge is -2.08. The van der Waals surface area contributed by atoms with Gasteiger partial charge in [-0.3, -0.25) is 0 Å². The standard InChI is InChI=1S/C22H18BrN3/c23-17-5-3-13-7-12(1-2-14(13)8-17)15-4-6-18-20(9-15)26-22(25-18)21-11-16-10-19(16)24-21/h1-9,16,19,21,24H,10-11H2,(H,25,26)/t16-,19-,21+/m1/s1. The topological polar surface area (TPSA) is 40.7 Å². The van der Waals surface area contributed by atoms with E-state index >= 15 is 0 Å². The van der Waals surface area contributed by atoms with Gasteiger partial charge >= 0.3 is 0 Å². The predicted octanol–water partition coefficient (Wildman–Crippen LogP) is 5.57. The van der Waals surface area contributed by atoms with Crippen molar-refractivity contribution in [3.8, 4) is 11.1 Å². The van der Waals surface area contributed by atoms with E-state index in [-0.39, 0.29) is 0 Å². The molecule has 0 spiro atoms. The average molecular weight is 404 g/mol. The van der Waals surface area contributed by atoms with Gasteiger partial charge in [0, 0.05) is 10.5 Å². The van der Waals surface area contributed by atoms with Crippen molar-refractivity contribution < 1.29 is 0 Å². The van der Waals surface area contributed by atoms with Crippen molar-refractivity contribution in [2.45, 2.75) is 24.9 Å². The molecule has 2 aliphatic rings. The van der Waals surface area contributed by atoms with Crippen LogP contribution < -0.4 is 5.32 Å². The molecule has 2 heterocycles. The second-order valence-corrected chi connectivity index (χ2v) is 8.53. The Hall–Kier alpha value is -2.17. The Labute approximate surface area is 160 Å². The summed E-state index contributed by atoms with van der Waals surface area (Å²) in [5, 5.41) is 6.18. The highest BCUT2D eigenvalue weighted by atomic mass is 79.9. The lowest BCUT2D eigenvalue weighted by molar-refractivity contribution is 0.544. The van der Waals surface area contributed by atoms with Gasteiger partial charge in [-0.1, -0.05) is 40.2 Å². The zero-order valence-corrected chi connectivity index (χ0v) is 15.8. The molecular formula is C22H18BrN3.